The summed E-state index contributed by atoms with van der Waals surface area (Å²) >= 11 is 0. The summed E-state index contributed by atoms with van der Waals surface area (Å²) in [6.45, 7) is 1.39. The van der Waals surface area contributed by atoms with Crippen LogP contribution in [0, 0.1) is 10.1 Å². The number of aromatic nitrogens is 1. The first kappa shape index (κ1) is 28.8. The standard InChI is InChI=1S/C27H36N3O4.HI/c1-30(2,3)25-13-11-12-23(21-25)27(31)34-19-10-8-6-4-5-7-9-17-28-18-16-22-20-24(29(32)33)14-15-26(22)28;/h11-16,18,20-21H,4-10,17,19H2,1-3H3;1H/q+1;/p-1. The van der Waals surface area contributed by atoms with Crippen molar-refractivity contribution >= 4 is 28.2 Å². The number of fused-ring (bicyclic) bond motifs is 1. The summed E-state index contributed by atoms with van der Waals surface area (Å²) in [7, 11) is 6.22. The van der Waals surface area contributed by atoms with E-state index in [9.17, 15) is 14.9 Å². The van der Waals surface area contributed by atoms with E-state index in [0.717, 1.165) is 55.2 Å². The number of halogens is 1. The number of aryl methyl sites for hydroxylation is 1. The molecular formula is C27H36IN3O4. The molecule has 0 atom stereocenters. The third kappa shape index (κ3) is 8.61. The van der Waals surface area contributed by atoms with Crippen LogP contribution >= 0.6 is 0 Å². The number of hydrogen-bond acceptors (Lipinski definition) is 4. The number of hydrogen-bond donors (Lipinski definition) is 0. The number of nitrogens with zero attached hydrogens (tertiary/aromatic N) is 3. The zero-order valence-electron chi connectivity index (χ0n) is 20.9. The van der Waals surface area contributed by atoms with Gasteiger partial charge in [-0.1, -0.05) is 38.2 Å². The Morgan fingerprint density at radius 3 is 2.31 bits per heavy atom. The molecule has 2 aromatic carbocycles. The Morgan fingerprint density at radius 2 is 1.63 bits per heavy atom. The highest BCUT2D eigenvalue weighted by Gasteiger charge is 2.15. The van der Waals surface area contributed by atoms with E-state index < -0.39 is 0 Å². The molecule has 0 saturated heterocycles. The van der Waals surface area contributed by atoms with Gasteiger partial charge in [-0.15, -0.1) is 0 Å². The first-order valence-corrected chi connectivity index (χ1v) is 12.1. The lowest BCUT2D eigenvalue weighted by atomic mass is 10.1. The summed E-state index contributed by atoms with van der Waals surface area (Å²) in [6, 6.07) is 14.6. The minimum atomic E-state index is -0.355. The van der Waals surface area contributed by atoms with Crippen LogP contribution in [0.25, 0.3) is 10.9 Å². The van der Waals surface area contributed by atoms with E-state index in [1.807, 2.05) is 42.6 Å². The molecule has 0 aliphatic rings. The summed E-state index contributed by atoms with van der Waals surface area (Å²) in [5.41, 5.74) is 2.86. The number of quaternary nitrogens is 1. The van der Waals surface area contributed by atoms with Gasteiger partial charge in [0.15, 0.2) is 0 Å². The molecule has 1 heterocycles. The van der Waals surface area contributed by atoms with Gasteiger partial charge in [0.25, 0.3) is 5.69 Å². The Bertz CT molecular complexity index is 1120. The van der Waals surface area contributed by atoms with E-state index in [4.69, 9.17) is 4.74 Å². The van der Waals surface area contributed by atoms with Crippen LogP contribution in [0.1, 0.15) is 55.3 Å². The minimum Gasteiger partial charge on any atom is -1.00 e. The average Bonchev–Trinajstić information content (AvgIpc) is 3.21. The minimum absolute atomic E-state index is 0. The van der Waals surface area contributed by atoms with Gasteiger partial charge in [0.05, 0.1) is 38.2 Å². The fraction of sp³-hybridized carbons (Fsp3) is 0.444. The molecule has 0 fully saturated rings. The van der Waals surface area contributed by atoms with Crippen molar-refractivity contribution in [2.75, 3.05) is 27.7 Å². The van der Waals surface area contributed by atoms with Crippen LogP contribution < -0.4 is 28.5 Å². The Labute approximate surface area is 224 Å². The number of carbonyl (C=O) groups is 1. The van der Waals surface area contributed by atoms with Crippen LogP contribution in [0.15, 0.2) is 54.7 Å². The Morgan fingerprint density at radius 1 is 0.943 bits per heavy atom. The zero-order valence-corrected chi connectivity index (χ0v) is 23.1. The van der Waals surface area contributed by atoms with E-state index in [1.165, 1.54) is 12.8 Å². The molecule has 8 heteroatoms. The number of unbranched alkanes of at least 4 members (excludes halogenated alkanes) is 6. The van der Waals surface area contributed by atoms with Crippen molar-refractivity contribution in [1.29, 1.82) is 0 Å². The van der Waals surface area contributed by atoms with E-state index in [-0.39, 0.29) is 40.6 Å². The Hall–Kier alpha value is -2.46. The van der Waals surface area contributed by atoms with Crippen molar-refractivity contribution in [3.8, 4) is 0 Å². The predicted molar refractivity (Wildman–Crippen MR) is 137 cm³/mol. The summed E-state index contributed by atoms with van der Waals surface area (Å²) < 4.78 is 8.28. The SMILES string of the molecule is C[N+](C)(C)c1cccc(C(=O)OCCCCCCCCCn2ccc3cc([N+](=O)[O-])ccc32)c1.[I-]. The molecule has 3 aromatic rings. The highest BCUT2D eigenvalue weighted by molar-refractivity contribution is 5.90. The van der Waals surface area contributed by atoms with Crippen molar-refractivity contribution in [1.82, 2.24) is 9.05 Å². The summed E-state index contributed by atoms with van der Waals surface area (Å²) in [5.74, 6) is -0.248. The number of nitro benzene ring substituents is 1. The fourth-order valence-corrected chi connectivity index (χ4v) is 4.06. The normalized spacial score (nSPS) is 11.3. The van der Waals surface area contributed by atoms with Crippen LogP contribution in [-0.2, 0) is 11.3 Å². The lowest BCUT2D eigenvalue weighted by molar-refractivity contribution is -0.384. The summed E-state index contributed by atoms with van der Waals surface area (Å²) in [6.07, 6.45) is 9.71. The van der Waals surface area contributed by atoms with Crippen molar-refractivity contribution in [2.45, 2.75) is 51.5 Å². The lowest BCUT2D eigenvalue weighted by Gasteiger charge is -2.23. The van der Waals surface area contributed by atoms with Crippen LogP contribution in [0.4, 0.5) is 11.4 Å². The van der Waals surface area contributed by atoms with Gasteiger partial charge in [-0.3, -0.25) is 14.6 Å². The van der Waals surface area contributed by atoms with Crippen LogP contribution in [0.5, 0.6) is 0 Å². The van der Waals surface area contributed by atoms with Gasteiger partial charge in [0, 0.05) is 41.8 Å². The molecule has 0 radical (unpaired) electrons. The molecule has 1 aromatic heterocycles. The molecule has 0 bridgehead atoms. The van der Waals surface area contributed by atoms with Gasteiger partial charge < -0.3 is 33.3 Å². The van der Waals surface area contributed by atoms with Crippen LogP contribution in [-0.4, -0.2) is 43.2 Å². The molecule has 3 rings (SSSR count). The number of nitro groups is 1. The molecule has 35 heavy (non-hydrogen) atoms. The van der Waals surface area contributed by atoms with E-state index in [2.05, 4.69) is 25.7 Å². The molecule has 0 unspecified atom stereocenters. The van der Waals surface area contributed by atoms with E-state index >= 15 is 0 Å². The van der Waals surface area contributed by atoms with Crippen molar-refractivity contribution in [2.24, 2.45) is 0 Å². The van der Waals surface area contributed by atoms with E-state index in [0.29, 0.717) is 16.7 Å². The van der Waals surface area contributed by atoms with Gasteiger partial charge in [0.1, 0.15) is 5.69 Å². The highest BCUT2D eigenvalue weighted by Crippen LogP contribution is 2.23. The first-order chi connectivity index (χ1) is 16.3. The predicted octanol–water partition coefficient (Wildman–Crippen LogP) is 3.34. The second-order valence-electron chi connectivity index (χ2n) is 9.68. The Balaban J connectivity index is 0.00000432. The van der Waals surface area contributed by atoms with Gasteiger partial charge >= 0.3 is 5.97 Å². The topological polar surface area (TPSA) is 74.4 Å². The molecule has 190 valence electrons. The quantitative estimate of drug-likeness (QED) is 0.0762. The highest BCUT2D eigenvalue weighted by atomic mass is 127. The molecule has 0 saturated carbocycles. The average molecular weight is 594 g/mol. The molecule has 0 amide bonds. The molecule has 0 aliphatic carbocycles. The number of rotatable bonds is 13. The van der Waals surface area contributed by atoms with Gasteiger partial charge in [-0.25, -0.2) is 4.79 Å². The van der Waals surface area contributed by atoms with Gasteiger partial charge in [-0.05, 0) is 37.1 Å². The fourth-order valence-electron chi connectivity index (χ4n) is 4.06. The smallest absolute Gasteiger partial charge is 0.338 e. The number of non-ortho nitro benzene ring substituents is 1. The van der Waals surface area contributed by atoms with Crippen LogP contribution in [0.2, 0.25) is 0 Å². The monoisotopic (exact) mass is 593 g/mol. The lowest BCUT2D eigenvalue weighted by Crippen LogP contribution is -3.00. The van der Waals surface area contributed by atoms with Crippen molar-refractivity contribution in [3.05, 3.63) is 70.4 Å². The van der Waals surface area contributed by atoms with Crippen LogP contribution in [0.3, 0.4) is 0 Å². The molecule has 0 aliphatic heterocycles. The number of esters is 1. The molecule has 0 spiro atoms. The van der Waals surface area contributed by atoms with Crippen molar-refractivity contribution < 1.29 is 38.4 Å². The third-order valence-corrected chi connectivity index (χ3v) is 6.10. The third-order valence-electron chi connectivity index (χ3n) is 6.10. The largest absolute Gasteiger partial charge is 1.00 e. The second-order valence-corrected chi connectivity index (χ2v) is 9.68. The summed E-state index contributed by atoms with van der Waals surface area (Å²) in [5, 5.41) is 11.8. The molecule has 7 nitrogen and oxygen atoms in total. The maximum atomic E-state index is 12.3. The summed E-state index contributed by atoms with van der Waals surface area (Å²) in [4.78, 5) is 22.9. The van der Waals surface area contributed by atoms with E-state index in [1.54, 1.807) is 12.1 Å². The zero-order chi connectivity index (χ0) is 24.6. The number of benzene rings is 2. The number of ether oxygens (including phenoxy) is 1. The molecule has 0 N–H and O–H groups in total. The maximum absolute atomic E-state index is 12.3. The number of carbonyl (C=O) groups excluding carboxylic acids is 1. The Kier molecular flexibility index (Phi) is 11.2. The second kappa shape index (κ2) is 13.6. The van der Waals surface area contributed by atoms with Crippen molar-refractivity contribution in [3.63, 3.8) is 0 Å². The van der Waals surface area contributed by atoms with Gasteiger partial charge in [0.2, 0.25) is 0 Å². The van der Waals surface area contributed by atoms with Gasteiger partial charge in [-0.2, -0.15) is 0 Å². The molecular weight excluding hydrogens is 557 g/mol. The maximum Gasteiger partial charge on any atom is 0.338 e. The first-order valence-electron chi connectivity index (χ1n) is 12.1.